The summed E-state index contributed by atoms with van der Waals surface area (Å²) < 4.78 is 32.5. The van der Waals surface area contributed by atoms with Crippen LogP contribution >= 0.6 is 0 Å². The Kier molecular flexibility index (Phi) is 3.51. The van der Waals surface area contributed by atoms with Crippen LogP contribution in [0.2, 0.25) is 0 Å². The average Bonchev–Trinajstić information content (AvgIpc) is 2.47. The Morgan fingerprint density at radius 1 is 1.14 bits per heavy atom. The molecule has 4 heterocycles. The van der Waals surface area contributed by atoms with E-state index in [2.05, 4.69) is 4.90 Å². The fraction of sp³-hybridized carbons (Fsp3) is 0.933. The van der Waals surface area contributed by atoms with Crippen LogP contribution in [0.5, 0.6) is 0 Å². The standard InChI is InChI=1S/C15H24N2O4S/c18-14-8-11(22(19,20)21)7-13-12-4-2-6-16-5-1-3-10(15(12)16)9-17(13)14/h10-13,15H,1-9H2,(H,19,20,21). The van der Waals surface area contributed by atoms with Gasteiger partial charge in [0.2, 0.25) is 5.91 Å². The minimum Gasteiger partial charge on any atom is -0.339 e. The molecule has 1 amide bonds. The number of hydrogen-bond acceptors (Lipinski definition) is 4. The highest BCUT2D eigenvalue weighted by molar-refractivity contribution is 7.86. The summed E-state index contributed by atoms with van der Waals surface area (Å²) >= 11 is 0. The Labute approximate surface area is 131 Å². The minimum absolute atomic E-state index is 0.00433. The van der Waals surface area contributed by atoms with Crippen molar-refractivity contribution < 1.29 is 17.8 Å². The van der Waals surface area contributed by atoms with Crippen molar-refractivity contribution in [1.82, 2.24) is 9.80 Å². The first-order valence-corrected chi connectivity index (χ1v) is 9.95. The molecule has 5 atom stereocenters. The first-order chi connectivity index (χ1) is 10.4. The Morgan fingerprint density at radius 2 is 1.86 bits per heavy atom. The number of nitrogens with zero attached hydrogens (tertiary/aromatic N) is 2. The normalized spacial score (nSPS) is 42.7. The zero-order valence-corrected chi connectivity index (χ0v) is 13.5. The maximum Gasteiger partial charge on any atom is 0.268 e. The highest BCUT2D eigenvalue weighted by Gasteiger charge is 2.53. The van der Waals surface area contributed by atoms with Crippen molar-refractivity contribution in [3.8, 4) is 0 Å². The molecule has 5 unspecified atom stereocenters. The molecule has 0 radical (unpaired) electrons. The second-order valence-electron chi connectivity index (χ2n) is 7.43. The number of fused-ring (bicyclic) bond motifs is 2. The molecule has 0 aromatic heterocycles. The van der Waals surface area contributed by atoms with Crippen LogP contribution in [0.4, 0.5) is 0 Å². The quantitative estimate of drug-likeness (QED) is 0.718. The summed E-state index contributed by atoms with van der Waals surface area (Å²) in [7, 11) is -4.13. The van der Waals surface area contributed by atoms with Gasteiger partial charge in [0, 0.05) is 25.0 Å². The zero-order chi connectivity index (χ0) is 15.5. The highest BCUT2D eigenvalue weighted by atomic mass is 32.2. The third kappa shape index (κ3) is 2.29. The van der Waals surface area contributed by atoms with Crippen LogP contribution < -0.4 is 0 Å². The number of piperidine rings is 4. The minimum atomic E-state index is -4.13. The lowest BCUT2D eigenvalue weighted by Crippen LogP contribution is -2.67. The van der Waals surface area contributed by atoms with Crippen molar-refractivity contribution in [3.05, 3.63) is 0 Å². The molecule has 0 aromatic carbocycles. The summed E-state index contributed by atoms with van der Waals surface area (Å²) in [6, 6.07) is 0.507. The number of rotatable bonds is 1. The second kappa shape index (κ2) is 5.18. The van der Waals surface area contributed by atoms with Crippen molar-refractivity contribution >= 4 is 16.0 Å². The maximum atomic E-state index is 12.5. The van der Waals surface area contributed by atoms with Crippen LogP contribution in [-0.4, -0.2) is 65.6 Å². The summed E-state index contributed by atoms with van der Waals surface area (Å²) in [5, 5.41) is -0.906. The Hall–Kier alpha value is -0.660. The van der Waals surface area contributed by atoms with Gasteiger partial charge in [-0.05, 0) is 57.0 Å². The number of amides is 1. The molecule has 4 aliphatic heterocycles. The van der Waals surface area contributed by atoms with E-state index in [4.69, 9.17) is 0 Å². The predicted molar refractivity (Wildman–Crippen MR) is 80.9 cm³/mol. The molecule has 0 bridgehead atoms. The second-order valence-corrected chi connectivity index (χ2v) is 9.12. The SMILES string of the molecule is O=C1CC(S(=O)(=O)O)CC2C3CCCN4CCCC(CN12)C34. The fourth-order valence-corrected chi connectivity index (χ4v) is 6.27. The van der Waals surface area contributed by atoms with Crippen molar-refractivity contribution in [1.29, 1.82) is 0 Å². The van der Waals surface area contributed by atoms with Gasteiger partial charge in [0.15, 0.2) is 0 Å². The number of carbonyl (C=O) groups is 1. The molecular weight excluding hydrogens is 304 g/mol. The van der Waals surface area contributed by atoms with E-state index in [9.17, 15) is 17.8 Å². The third-order valence-electron chi connectivity index (χ3n) is 6.32. The molecule has 4 rings (SSSR count). The monoisotopic (exact) mass is 328 g/mol. The maximum absolute atomic E-state index is 12.5. The van der Waals surface area contributed by atoms with Gasteiger partial charge in [-0.3, -0.25) is 14.2 Å². The number of carbonyl (C=O) groups excluding carboxylic acids is 1. The lowest BCUT2D eigenvalue weighted by atomic mass is 9.68. The average molecular weight is 328 g/mol. The molecule has 22 heavy (non-hydrogen) atoms. The molecule has 4 aliphatic rings. The molecule has 0 aromatic rings. The molecule has 124 valence electrons. The topological polar surface area (TPSA) is 77.9 Å². The zero-order valence-electron chi connectivity index (χ0n) is 12.7. The predicted octanol–water partition coefficient (Wildman–Crippen LogP) is 0.738. The summed E-state index contributed by atoms with van der Waals surface area (Å²) in [5.74, 6) is 0.836. The van der Waals surface area contributed by atoms with E-state index in [1.165, 1.54) is 12.8 Å². The molecule has 0 spiro atoms. The summed E-state index contributed by atoms with van der Waals surface area (Å²) in [6.45, 7) is 3.06. The van der Waals surface area contributed by atoms with Crippen LogP contribution in [0.3, 0.4) is 0 Å². The van der Waals surface area contributed by atoms with Gasteiger partial charge in [0.25, 0.3) is 10.1 Å². The Morgan fingerprint density at radius 3 is 2.59 bits per heavy atom. The first-order valence-electron chi connectivity index (χ1n) is 8.45. The van der Waals surface area contributed by atoms with Crippen molar-refractivity contribution in [2.45, 2.75) is 55.9 Å². The smallest absolute Gasteiger partial charge is 0.268 e. The molecule has 1 N–H and O–H groups in total. The van der Waals surface area contributed by atoms with E-state index in [1.54, 1.807) is 0 Å². The van der Waals surface area contributed by atoms with Gasteiger partial charge < -0.3 is 4.90 Å². The third-order valence-corrected chi connectivity index (χ3v) is 7.52. The van der Waals surface area contributed by atoms with Crippen LogP contribution in [0, 0.1) is 11.8 Å². The van der Waals surface area contributed by atoms with E-state index in [0.29, 0.717) is 24.3 Å². The highest BCUT2D eigenvalue weighted by Crippen LogP contribution is 2.45. The summed E-state index contributed by atoms with van der Waals surface area (Å²) in [4.78, 5) is 17.0. The lowest BCUT2D eigenvalue weighted by Gasteiger charge is -2.59. The fourth-order valence-electron chi connectivity index (χ4n) is 5.48. The largest absolute Gasteiger partial charge is 0.339 e. The molecule has 0 saturated carbocycles. The van der Waals surface area contributed by atoms with Crippen molar-refractivity contribution in [2.24, 2.45) is 11.8 Å². The van der Waals surface area contributed by atoms with Crippen LogP contribution in [0.15, 0.2) is 0 Å². The van der Waals surface area contributed by atoms with E-state index in [-0.39, 0.29) is 18.4 Å². The molecular formula is C15H24N2O4S. The van der Waals surface area contributed by atoms with Crippen molar-refractivity contribution in [2.75, 3.05) is 19.6 Å². The van der Waals surface area contributed by atoms with Crippen LogP contribution in [0.1, 0.15) is 38.5 Å². The van der Waals surface area contributed by atoms with E-state index >= 15 is 0 Å². The van der Waals surface area contributed by atoms with Crippen LogP contribution in [-0.2, 0) is 14.9 Å². The van der Waals surface area contributed by atoms with Gasteiger partial charge in [-0.1, -0.05) is 0 Å². The van der Waals surface area contributed by atoms with E-state index in [1.807, 2.05) is 4.90 Å². The summed E-state index contributed by atoms with van der Waals surface area (Å²) in [6.07, 6.45) is 4.94. The molecule has 0 aliphatic carbocycles. The Bertz CT molecular complexity index is 576. The van der Waals surface area contributed by atoms with Gasteiger partial charge in [-0.2, -0.15) is 8.42 Å². The molecule has 6 nitrogen and oxygen atoms in total. The van der Waals surface area contributed by atoms with Gasteiger partial charge in [0.05, 0.1) is 5.25 Å². The number of hydrogen-bond donors (Lipinski definition) is 1. The van der Waals surface area contributed by atoms with Gasteiger partial charge in [0.1, 0.15) is 0 Å². The van der Waals surface area contributed by atoms with Crippen molar-refractivity contribution in [3.63, 3.8) is 0 Å². The van der Waals surface area contributed by atoms with Gasteiger partial charge >= 0.3 is 0 Å². The first kappa shape index (κ1) is 14.9. The van der Waals surface area contributed by atoms with Crippen LogP contribution in [0.25, 0.3) is 0 Å². The molecule has 7 heteroatoms. The molecule has 4 fully saturated rings. The van der Waals surface area contributed by atoms with E-state index in [0.717, 1.165) is 32.5 Å². The van der Waals surface area contributed by atoms with Gasteiger partial charge in [-0.15, -0.1) is 0 Å². The lowest BCUT2D eigenvalue weighted by molar-refractivity contribution is -0.150. The summed E-state index contributed by atoms with van der Waals surface area (Å²) in [5.41, 5.74) is 0. The van der Waals surface area contributed by atoms with Gasteiger partial charge in [-0.25, -0.2) is 0 Å². The Balaban J connectivity index is 1.65. The van der Waals surface area contributed by atoms with E-state index < -0.39 is 15.4 Å². The molecule has 4 saturated heterocycles.